The van der Waals surface area contributed by atoms with Crippen molar-refractivity contribution in [2.24, 2.45) is 5.92 Å². The van der Waals surface area contributed by atoms with Crippen molar-refractivity contribution in [2.45, 2.75) is 72.5 Å². The van der Waals surface area contributed by atoms with Crippen LogP contribution in [0.5, 0.6) is 11.5 Å². The van der Waals surface area contributed by atoms with Gasteiger partial charge in [-0.3, -0.25) is 9.59 Å². The van der Waals surface area contributed by atoms with Crippen LogP contribution in [-0.4, -0.2) is 36.9 Å². The second-order valence-corrected chi connectivity index (χ2v) is 10.4. The van der Waals surface area contributed by atoms with Crippen molar-refractivity contribution >= 4 is 35.1 Å². The largest absolute Gasteiger partial charge is 0.494 e. The molecular weight excluding hydrogens is 503 g/mol. The number of hydrogen-bond acceptors (Lipinski definition) is 6. The van der Waals surface area contributed by atoms with E-state index >= 15 is 0 Å². The minimum absolute atomic E-state index is 0.0796. The number of ether oxygens (including phenoxy) is 4. The van der Waals surface area contributed by atoms with Crippen molar-refractivity contribution in [3.05, 3.63) is 57.6 Å². The van der Waals surface area contributed by atoms with Gasteiger partial charge in [-0.25, -0.2) is 0 Å². The summed E-state index contributed by atoms with van der Waals surface area (Å²) < 4.78 is 23.1. The lowest BCUT2D eigenvalue weighted by molar-refractivity contribution is -0.163. The first-order valence-corrected chi connectivity index (χ1v) is 12.9. The van der Waals surface area contributed by atoms with Gasteiger partial charge in [0.2, 0.25) is 0 Å². The fourth-order valence-electron chi connectivity index (χ4n) is 3.85. The summed E-state index contributed by atoms with van der Waals surface area (Å²) in [7, 11) is 0. The Morgan fingerprint density at radius 3 is 1.75 bits per heavy atom. The van der Waals surface area contributed by atoms with Crippen LogP contribution in [0.15, 0.2) is 36.4 Å². The maximum Gasteiger partial charge on any atom is 0.309 e. The Morgan fingerprint density at radius 2 is 1.33 bits per heavy atom. The Labute approximate surface area is 224 Å². The molecule has 0 amide bonds. The normalized spacial score (nSPS) is 13.2. The summed E-state index contributed by atoms with van der Waals surface area (Å²) in [5.74, 6) is -0.938. The summed E-state index contributed by atoms with van der Waals surface area (Å²) in [6, 6.07) is 10.7. The number of hydrogen-bond donors (Lipinski definition) is 0. The molecule has 0 saturated heterocycles. The van der Waals surface area contributed by atoms with Gasteiger partial charge in [0.1, 0.15) is 23.2 Å². The monoisotopic (exact) mass is 538 g/mol. The third-order valence-corrected chi connectivity index (χ3v) is 5.76. The van der Waals surface area contributed by atoms with Gasteiger partial charge in [0.25, 0.3) is 0 Å². The molecule has 2 aromatic carbocycles. The highest BCUT2D eigenvalue weighted by atomic mass is 35.5. The second kappa shape index (κ2) is 13.2. The molecule has 0 bridgehead atoms. The molecule has 0 fully saturated rings. The summed E-state index contributed by atoms with van der Waals surface area (Å²) >= 11 is 12.5. The smallest absolute Gasteiger partial charge is 0.309 e. The Hall–Kier alpha value is -2.44. The van der Waals surface area contributed by atoms with Crippen LogP contribution >= 0.6 is 23.2 Å². The van der Waals surface area contributed by atoms with Gasteiger partial charge in [0.15, 0.2) is 0 Å². The van der Waals surface area contributed by atoms with E-state index in [1.54, 1.807) is 58.9 Å². The summed E-state index contributed by atoms with van der Waals surface area (Å²) in [6.07, 6.45) is -0.719. The molecule has 2 atom stereocenters. The average Bonchev–Trinajstić information content (AvgIpc) is 2.75. The van der Waals surface area contributed by atoms with Crippen molar-refractivity contribution < 1.29 is 28.5 Å². The number of carbonyl (C=O) groups is 2. The molecule has 0 radical (unpaired) electrons. The van der Waals surface area contributed by atoms with Crippen molar-refractivity contribution in [3.63, 3.8) is 0 Å². The molecule has 6 nitrogen and oxygen atoms in total. The van der Waals surface area contributed by atoms with E-state index in [1.165, 1.54) is 0 Å². The predicted octanol–water partition coefficient (Wildman–Crippen LogP) is 7.22. The molecule has 0 N–H and O–H groups in total. The van der Waals surface area contributed by atoms with Gasteiger partial charge >= 0.3 is 11.9 Å². The van der Waals surface area contributed by atoms with Gasteiger partial charge < -0.3 is 18.9 Å². The molecule has 36 heavy (non-hydrogen) atoms. The van der Waals surface area contributed by atoms with E-state index in [2.05, 4.69) is 0 Å². The number of halogens is 2. The Bertz CT molecular complexity index is 991. The molecular formula is C28H36Cl2O6. The Morgan fingerprint density at radius 1 is 0.861 bits per heavy atom. The number of carbonyl (C=O) groups excluding carboxylic acids is 2. The van der Waals surface area contributed by atoms with Crippen LogP contribution in [0.2, 0.25) is 10.0 Å². The minimum atomic E-state index is -0.684. The maximum atomic E-state index is 13.0. The van der Waals surface area contributed by atoms with Crippen molar-refractivity contribution in [1.29, 1.82) is 0 Å². The van der Waals surface area contributed by atoms with Crippen molar-refractivity contribution in [1.82, 2.24) is 0 Å². The third kappa shape index (κ3) is 8.59. The van der Waals surface area contributed by atoms with Crippen LogP contribution in [0, 0.1) is 5.92 Å². The molecule has 198 valence electrons. The lowest BCUT2D eigenvalue weighted by atomic mass is 9.85. The van der Waals surface area contributed by atoms with Crippen LogP contribution in [0.4, 0.5) is 0 Å². The summed E-state index contributed by atoms with van der Waals surface area (Å²) in [6.45, 7) is 13.4. The molecule has 0 unspecified atom stereocenters. The van der Waals surface area contributed by atoms with Crippen LogP contribution in [0.1, 0.15) is 71.9 Å². The van der Waals surface area contributed by atoms with Crippen LogP contribution in [0.3, 0.4) is 0 Å². The second-order valence-electron chi connectivity index (χ2n) is 9.54. The quantitative estimate of drug-likeness (QED) is 0.281. The van der Waals surface area contributed by atoms with E-state index in [0.717, 1.165) is 11.1 Å². The molecule has 2 aromatic rings. The zero-order chi connectivity index (χ0) is 27.0. The van der Waals surface area contributed by atoms with Crippen LogP contribution in [0.25, 0.3) is 0 Å². The van der Waals surface area contributed by atoms with E-state index < -0.39 is 35.5 Å². The van der Waals surface area contributed by atoms with Crippen LogP contribution in [-0.2, 0) is 19.1 Å². The maximum absolute atomic E-state index is 13.0. The summed E-state index contributed by atoms with van der Waals surface area (Å²) in [5.41, 5.74) is 0.933. The van der Waals surface area contributed by atoms with Crippen molar-refractivity contribution in [2.75, 3.05) is 13.2 Å². The summed E-state index contributed by atoms with van der Waals surface area (Å²) in [4.78, 5) is 25.3. The fourth-order valence-corrected chi connectivity index (χ4v) is 4.17. The third-order valence-electron chi connectivity index (χ3n) is 5.29. The van der Waals surface area contributed by atoms with Gasteiger partial charge in [-0.15, -0.1) is 0 Å². The predicted molar refractivity (Wildman–Crippen MR) is 142 cm³/mol. The lowest BCUT2D eigenvalue weighted by Crippen LogP contribution is -2.30. The highest BCUT2D eigenvalue weighted by molar-refractivity contribution is 6.31. The molecule has 0 aromatic heterocycles. The van der Waals surface area contributed by atoms with Crippen molar-refractivity contribution in [3.8, 4) is 11.5 Å². The minimum Gasteiger partial charge on any atom is -0.494 e. The molecule has 0 aliphatic heterocycles. The average molecular weight is 539 g/mol. The first kappa shape index (κ1) is 29.8. The van der Waals surface area contributed by atoms with E-state index in [1.807, 2.05) is 26.0 Å². The van der Waals surface area contributed by atoms with Gasteiger partial charge in [0.05, 0.1) is 31.5 Å². The fraction of sp³-hybridized carbons (Fsp3) is 0.500. The van der Waals surface area contributed by atoms with Gasteiger partial charge in [-0.2, -0.15) is 0 Å². The van der Waals surface area contributed by atoms with E-state index in [9.17, 15) is 9.59 Å². The van der Waals surface area contributed by atoms with Gasteiger partial charge in [-0.1, -0.05) is 42.3 Å². The van der Waals surface area contributed by atoms with Gasteiger partial charge in [0, 0.05) is 21.2 Å². The summed E-state index contributed by atoms with van der Waals surface area (Å²) in [5, 5.41) is 1.05. The lowest BCUT2D eigenvalue weighted by Gasteiger charge is -2.29. The first-order valence-electron chi connectivity index (χ1n) is 12.1. The zero-order valence-corrected chi connectivity index (χ0v) is 23.5. The molecule has 2 rings (SSSR count). The van der Waals surface area contributed by atoms with Gasteiger partial charge in [-0.05, 0) is 65.8 Å². The highest BCUT2D eigenvalue weighted by Crippen LogP contribution is 2.42. The first-order chi connectivity index (χ1) is 16.9. The molecule has 0 spiro atoms. The molecule has 0 aliphatic carbocycles. The van der Waals surface area contributed by atoms with E-state index in [4.69, 9.17) is 42.1 Å². The van der Waals surface area contributed by atoms with Crippen LogP contribution < -0.4 is 9.47 Å². The molecule has 0 aliphatic rings. The zero-order valence-electron chi connectivity index (χ0n) is 22.0. The number of benzene rings is 2. The number of esters is 2. The number of rotatable bonds is 11. The van der Waals surface area contributed by atoms with E-state index in [-0.39, 0.29) is 6.42 Å². The highest BCUT2D eigenvalue weighted by Gasteiger charge is 2.32. The Balaban J connectivity index is 2.44. The molecule has 0 saturated carbocycles. The molecule has 0 heterocycles. The standard InChI is InChI=1S/C28H36Cl2O6/c1-8-33-23-15-19(29)10-12-21(23)26(22-13-11-20(30)16-24(22)34-9-2)18(4)35-27(32)17(3)14-25(31)36-28(5,6)7/h10-13,15-18,26H,8-9,14H2,1-7H3/t17-,18+/m1/s1. The topological polar surface area (TPSA) is 71.1 Å². The van der Waals surface area contributed by atoms with E-state index in [0.29, 0.717) is 34.8 Å². The molecule has 8 heteroatoms. The Kier molecular flexibility index (Phi) is 10.9. The SMILES string of the molecule is CCOc1cc(Cl)ccc1C(c1ccc(Cl)cc1OCC)[C@H](C)OC(=O)[C@H](C)CC(=O)OC(C)(C)C.